The summed E-state index contributed by atoms with van der Waals surface area (Å²) in [5, 5.41) is 7.61. The van der Waals surface area contributed by atoms with Crippen LogP contribution in [-0.4, -0.2) is 22.8 Å². The molecule has 0 atom stereocenters. The standard InChI is InChI=1S/C23H19N3O3/c1-29-18-13-11-16(12-14-18)15-24-23(28)21-22(27)19-9-5-6-10-20(19)26(25-21)17-7-3-2-4-8-17/h2-14H,15H2,1H3,(H,24,28). The largest absolute Gasteiger partial charge is 0.497 e. The molecule has 4 rings (SSSR count). The molecule has 0 bridgehead atoms. The fraction of sp³-hybridized carbons (Fsp3) is 0.0870. The van der Waals surface area contributed by atoms with Gasteiger partial charge in [-0.1, -0.05) is 42.5 Å². The van der Waals surface area contributed by atoms with E-state index in [2.05, 4.69) is 10.4 Å². The molecule has 1 amide bonds. The smallest absolute Gasteiger partial charge is 0.276 e. The Kier molecular flexibility index (Phi) is 5.07. The molecule has 4 aromatic rings. The lowest BCUT2D eigenvalue weighted by Crippen LogP contribution is -2.31. The van der Waals surface area contributed by atoms with Gasteiger partial charge in [-0.2, -0.15) is 5.10 Å². The Morgan fingerprint density at radius 2 is 1.66 bits per heavy atom. The van der Waals surface area contributed by atoms with E-state index in [-0.39, 0.29) is 17.7 Å². The molecule has 0 aliphatic heterocycles. The number of hydrogen-bond donors (Lipinski definition) is 1. The van der Waals surface area contributed by atoms with Crippen LogP contribution >= 0.6 is 0 Å². The summed E-state index contributed by atoms with van der Waals surface area (Å²) in [6.45, 7) is 0.280. The van der Waals surface area contributed by atoms with Gasteiger partial charge in [-0.3, -0.25) is 9.59 Å². The minimum atomic E-state index is -0.513. The summed E-state index contributed by atoms with van der Waals surface area (Å²) in [6, 6.07) is 23.9. The average Bonchev–Trinajstić information content (AvgIpc) is 2.79. The molecule has 0 saturated carbocycles. The molecule has 6 heteroatoms. The minimum Gasteiger partial charge on any atom is -0.497 e. The molecule has 29 heavy (non-hydrogen) atoms. The number of amides is 1. The second-order valence-corrected chi connectivity index (χ2v) is 6.47. The van der Waals surface area contributed by atoms with Crippen molar-refractivity contribution in [1.29, 1.82) is 0 Å². The molecule has 0 saturated heterocycles. The Morgan fingerprint density at radius 3 is 2.38 bits per heavy atom. The summed E-state index contributed by atoms with van der Waals surface area (Å²) in [5.74, 6) is 0.225. The second kappa shape index (κ2) is 7.98. The Hall–Kier alpha value is -3.93. The number of ether oxygens (including phenoxy) is 1. The third kappa shape index (κ3) is 3.73. The van der Waals surface area contributed by atoms with Crippen molar-refractivity contribution in [2.75, 3.05) is 7.11 Å². The number of nitrogens with one attached hydrogen (secondary N) is 1. The number of carbonyl (C=O) groups is 1. The van der Waals surface area contributed by atoms with Crippen LogP contribution in [0, 0.1) is 0 Å². The fourth-order valence-electron chi connectivity index (χ4n) is 3.10. The number of rotatable bonds is 5. The summed E-state index contributed by atoms with van der Waals surface area (Å²) in [4.78, 5) is 25.7. The average molecular weight is 385 g/mol. The highest BCUT2D eigenvalue weighted by molar-refractivity contribution is 5.95. The Morgan fingerprint density at radius 1 is 0.966 bits per heavy atom. The van der Waals surface area contributed by atoms with Crippen LogP contribution in [0.3, 0.4) is 0 Å². The van der Waals surface area contributed by atoms with Crippen LogP contribution in [0.15, 0.2) is 83.7 Å². The number of carbonyl (C=O) groups excluding carboxylic acids is 1. The SMILES string of the molecule is COc1ccc(CNC(=O)c2nn(-c3ccccc3)c3ccccc3c2=O)cc1. The van der Waals surface area contributed by atoms with Crippen LogP contribution in [0.1, 0.15) is 16.1 Å². The van der Waals surface area contributed by atoms with Gasteiger partial charge >= 0.3 is 0 Å². The molecular formula is C23H19N3O3. The highest BCUT2D eigenvalue weighted by Crippen LogP contribution is 2.15. The van der Waals surface area contributed by atoms with Gasteiger partial charge in [-0.25, -0.2) is 4.68 Å². The summed E-state index contributed by atoms with van der Waals surface area (Å²) in [6.07, 6.45) is 0. The van der Waals surface area contributed by atoms with Gasteiger partial charge in [0.05, 0.1) is 23.7 Å². The molecule has 0 unspecified atom stereocenters. The normalized spacial score (nSPS) is 10.7. The van der Waals surface area contributed by atoms with E-state index in [9.17, 15) is 9.59 Å². The Labute approximate surface area is 167 Å². The van der Waals surface area contributed by atoms with E-state index in [1.54, 1.807) is 23.9 Å². The van der Waals surface area contributed by atoms with E-state index >= 15 is 0 Å². The lowest BCUT2D eigenvalue weighted by Gasteiger charge is -2.12. The molecule has 0 aliphatic rings. The number of nitrogens with zero attached hydrogens (tertiary/aromatic N) is 2. The Bertz CT molecular complexity index is 1220. The predicted molar refractivity (Wildman–Crippen MR) is 112 cm³/mol. The van der Waals surface area contributed by atoms with Crippen molar-refractivity contribution in [2.45, 2.75) is 6.54 Å². The van der Waals surface area contributed by atoms with E-state index in [1.165, 1.54) is 0 Å². The monoisotopic (exact) mass is 385 g/mol. The maximum absolute atomic E-state index is 12.9. The maximum atomic E-state index is 12.9. The van der Waals surface area contributed by atoms with Gasteiger partial charge in [0.15, 0.2) is 5.69 Å². The van der Waals surface area contributed by atoms with Crippen molar-refractivity contribution in [3.05, 3.63) is 100 Å². The van der Waals surface area contributed by atoms with E-state index in [4.69, 9.17) is 4.74 Å². The van der Waals surface area contributed by atoms with E-state index in [1.807, 2.05) is 66.7 Å². The van der Waals surface area contributed by atoms with Gasteiger partial charge in [0.2, 0.25) is 5.43 Å². The number of aromatic nitrogens is 2. The summed E-state index contributed by atoms with van der Waals surface area (Å²) in [5.41, 5.74) is 1.78. The predicted octanol–water partition coefficient (Wildman–Crippen LogP) is 3.32. The van der Waals surface area contributed by atoms with Gasteiger partial charge in [-0.05, 0) is 42.0 Å². The minimum absolute atomic E-state index is 0.138. The quantitative estimate of drug-likeness (QED) is 0.572. The fourth-order valence-corrected chi connectivity index (χ4v) is 3.10. The first kappa shape index (κ1) is 18.4. The first-order valence-electron chi connectivity index (χ1n) is 9.16. The van der Waals surface area contributed by atoms with Crippen LogP contribution in [0.25, 0.3) is 16.6 Å². The second-order valence-electron chi connectivity index (χ2n) is 6.47. The van der Waals surface area contributed by atoms with Crippen LogP contribution in [0.5, 0.6) is 5.75 Å². The van der Waals surface area contributed by atoms with Crippen LogP contribution < -0.4 is 15.5 Å². The Balaban J connectivity index is 1.70. The van der Waals surface area contributed by atoms with Crippen molar-refractivity contribution in [2.24, 2.45) is 0 Å². The lowest BCUT2D eigenvalue weighted by molar-refractivity contribution is 0.0943. The first-order chi connectivity index (χ1) is 14.2. The molecule has 1 aromatic heterocycles. The maximum Gasteiger partial charge on any atom is 0.276 e. The van der Waals surface area contributed by atoms with Crippen molar-refractivity contribution >= 4 is 16.8 Å². The van der Waals surface area contributed by atoms with E-state index < -0.39 is 5.91 Å². The summed E-state index contributed by atoms with van der Waals surface area (Å²) < 4.78 is 6.76. The van der Waals surface area contributed by atoms with E-state index in [0.29, 0.717) is 10.9 Å². The molecule has 6 nitrogen and oxygen atoms in total. The zero-order chi connectivity index (χ0) is 20.2. The molecule has 1 heterocycles. The molecule has 0 radical (unpaired) electrons. The molecule has 0 fully saturated rings. The third-order valence-electron chi connectivity index (χ3n) is 4.62. The molecular weight excluding hydrogens is 366 g/mol. The van der Waals surface area contributed by atoms with Crippen molar-refractivity contribution in [1.82, 2.24) is 15.1 Å². The lowest BCUT2D eigenvalue weighted by atomic mass is 10.1. The van der Waals surface area contributed by atoms with Gasteiger partial charge in [0, 0.05) is 6.54 Å². The highest BCUT2D eigenvalue weighted by Gasteiger charge is 2.17. The molecule has 3 aromatic carbocycles. The van der Waals surface area contributed by atoms with Crippen molar-refractivity contribution in [3.8, 4) is 11.4 Å². The number of methoxy groups -OCH3 is 1. The van der Waals surface area contributed by atoms with Gasteiger partial charge < -0.3 is 10.1 Å². The zero-order valence-corrected chi connectivity index (χ0v) is 15.8. The van der Waals surface area contributed by atoms with Crippen LogP contribution in [0.4, 0.5) is 0 Å². The number of benzene rings is 3. The molecule has 144 valence electrons. The number of hydrogen-bond acceptors (Lipinski definition) is 4. The summed E-state index contributed by atoms with van der Waals surface area (Å²) in [7, 11) is 1.60. The summed E-state index contributed by atoms with van der Waals surface area (Å²) >= 11 is 0. The first-order valence-corrected chi connectivity index (χ1v) is 9.16. The number of para-hydroxylation sites is 2. The van der Waals surface area contributed by atoms with Gasteiger partial charge in [0.1, 0.15) is 5.75 Å². The molecule has 1 N–H and O–H groups in total. The van der Waals surface area contributed by atoms with E-state index in [0.717, 1.165) is 17.0 Å². The zero-order valence-electron chi connectivity index (χ0n) is 15.8. The highest BCUT2D eigenvalue weighted by atomic mass is 16.5. The molecule has 0 spiro atoms. The number of fused-ring (bicyclic) bond motifs is 1. The van der Waals surface area contributed by atoms with Crippen molar-refractivity contribution in [3.63, 3.8) is 0 Å². The van der Waals surface area contributed by atoms with Crippen LogP contribution in [0.2, 0.25) is 0 Å². The third-order valence-corrected chi connectivity index (χ3v) is 4.62. The molecule has 0 aliphatic carbocycles. The topological polar surface area (TPSA) is 73.2 Å². The van der Waals surface area contributed by atoms with Gasteiger partial charge in [-0.15, -0.1) is 0 Å². The van der Waals surface area contributed by atoms with Crippen molar-refractivity contribution < 1.29 is 9.53 Å². The van der Waals surface area contributed by atoms with Gasteiger partial charge in [0.25, 0.3) is 5.91 Å². The van der Waals surface area contributed by atoms with Crippen LogP contribution in [-0.2, 0) is 6.54 Å².